The SMILES string of the molecule is Cc1ccc(-c2nnc(-c3cccc(N=C=O)c3)o2)cc1. The molecule has 0 aliphatic rings. The summed E-state index contributed by atoms with van der Waals surface area (Å²) in [5, 5.41) is 8.07. The van der Waals surface area contributed by atoms with Crippen molar-refractivity contribution in [3.8, 4) is 22.9 Å². The first-order chi connectivity index (χ1) is 10.3. The molecular weight excluding hydrogens is 266 g/mol. The van der Waals surface area contributed by atoms with Gasteiger partial charge >= 0.3 is 0 Å². The van der Waals surface area contributed by atoms with E-state index in [0.29, 0.717) is 23.0 Å². The van der Waals surface area contributed by atoms with E-state index in [2.05, 4.69) is 15.2 Å². The minimum Gasteiger partial charge on any atom is -0.416 e. The molecule has 3 rings (SSSR count). The first-order valence-electron chi connectivity index (χ1n) is 6.35. The zero-order valence-corrected chi connectivity index (χ0v) is 11.3. The topological polar surface area (TPSA) is 68.3 Å². The van der Waals surface area contributed by atoms with E-state index in [0.717, 1.165) is 11.1 Å². The predicted octanol–water partition coefficient (Wildman–Crippen LogP) is 3.68. The molecule has 5 nitrogen and oxygen atoms in total. The lowest BCUT2D eigenvalue weighted by atomic mass is 10.1. The van der Waals surface area contributed by atoms with Crippen LogP contribution < -0.4 is 0 Å². The molecule has 0 unspecified atom stereocenters. The zero-order valence-electron chi connectivity index (χ0n) is 11.3. The van der Waals surface area contributed by atoms with Crippen LogP contribution in [0.5, 0.6) is 0 Å². The molecule has 0 amide bonds. The molecule has 1 heterocycles. The summed E-state index contributed by atoms with van der Waals surface area (Å²) in [5.74, 6) is 0.836. The Labute approximate surface area is 121 Å². The Morgan fingerprint density at radius 3 is 2.43 bits per heavy atom. The molecule has 3 aromatic rings. The molecule has 0 aliphatic carbocycles. The number of benzene rings is 2. The number of rotatable bonds is 3. The summed E-state index contributed by atoms with van der Waals surface area (Å²) in [5.41, 5.74) is 3.23. The van der Waals surface area contributed by atoms with Gasteiger partial charge in [0, 0.05) is 11.1 Å². The van der Waals surface area contributed by atoms with Gasteiger partial charge in [-0.25, -0.2) is 4.79 Å². The molecule has 21 heavy (non-hydrogen) atoms. The van der Waals surface area contributed by atoms with Gasteiger partial charge in [0.25, 0.3) is 0 Å². The number of isocyanates is 1. The second kappa shape index (κ2) is 5.53. The van der Waals surface area contributed by atoms with E-state index in [-0.39, 0.29) is 0 Å². The molecule has 2 aromatic carbocycles. The Morgan fingerprint density at radius 1 is 1.00 bits per heavy atom. The lowest BCUT2D eigenvalue weighted by molar-refractivity contribution is 0.565. The van der Waals surface area contributed by atoms with Crippen molar-refractivity contribution in [1.82, 2.24) is 10.2 Å². The van der Waals surface area contributed by atoms with E-state index < -0.39 is 0 Å². The number of aryl methyl sites for hydroxylation is 1. The van der Waals surface area contributed by atoms with E-state index in [4.69, 9.17) is 4.42 Å². The molecule has 102 valence electrons. The monoisotopic (exact) mass is 277 g/mol. The summed E-state index contributed by atoms with van der Waals surface area (Å²) in [6.45, 7) is 2.02. The summed E-state index contributed by atoms with van der Waals surface area (Å²) in [4.78, 5) is 13.9. The molecule has 5 heteroatoms. The molecule has 0 saturated carbocycles. The van der Waals surface area contributed by atoms with E-state index in [1.807, 2.05) is 37.3 Å². The summed E-state index contributed by atoms with van der Waals surface area (Å²) < 4.78 is 5.67. The molecule has 0 radical (unpaired) electrons. The van der Waals surface area contributed by atoms with Crippen molar-refractivity contribution in [3.05, 3.63) is 54.1 Å². The van der Waals surface area contributed by atoms with Crippen molar-refractivity contribution in [2.75, 3.05) is 0 Å². The van der Waals surface area contributed by atoms with Crippen LogP contribution in [0.3, 0.4) is 0 Å². The number of hydrogen-bond donors (Lipinski definition) is 0. The largest absolute Gasteiger partial charge is 0.416 e. The van der Waals surface area contributed by atoms with Crippen molar-refractivity contribution in [1.29, 1.82) is 0 Å². The van der Waals surface area contributed by atoms with Crippen LogP contribution in [-0.2, 0) is 4.79 Å². The fourth-order valence-electron chi connectivity index (χ4n) is 1.91. The average Bonchev–Trinajstić information content (AvgIpc) is 2.98. The van der Waals surface area contributed by atoms with Gasteiger partial charge in [0.2, 0.25) is 17.9 Å². The predicted molar refractivity (Wildman–Crippen MR) is 77.7 cm³/mol. The smallest absolute Gasteiger partial charge is 0.248 e. The van der Waals surface area contributed by atoms with Crippen LogP contribution in [0.4, 0.5) is 5.69 Å². The van der Waals surface area contributed by atoms with Crippen molar-refractivity contribution < 1.29 is 9.21 Å². The van der Waals surface area contributed by atoms with Gasteiger partial charge in [0.1, 0.15) is 0 Å². The molecule has 0 spiro atoms. The maximum absolute atomic E-state index is 10.3. The van der Waals surface area contributed by atoms with Gasteiger partial charge in [-0.1, -0.05) is 23.8 Å². The fraction of sp³-hybridized carbons (Fsp3) is 0.0625. The third kappa shape index (κ3) is 2.78. The Morgan fingerprint density at radius 2 is 1.71 bits per heavy atom. The highest BCUT2D eigenvalue weighted by atomic mass is 16.4. The number of hydrogen-bond acceptors (Lipinski definition) is 5. The molecule has 0 N–H and O–H groups in total. The zero-order chi connectivity index (χ0) is 14.7. The molecule has 1 aromatic heterocycles. The Hall–Kier alpha value is -3.04. The van der Waals surface area contributed by atoms with Crippen LogP contribution in [-0.4, -0.2) is 16.3 Å². The first-order valence-corrected chi connectivity index (χ1v) is 6.35. The third-order valence-corrected chi connectivity index (χ3v) is 2.99. The maximum atomic E-state index is 10.3. The molecular formula is C16H11N3O2. The number of aliphatic imine (C=N–C) groups is 1. The van der Waals surface area contributed by atoms with Gasteiger partial charge < -0.3 is 4.42 Å². The van der Waals surface area contributed by atoms with Crippen LogP contribution >= 0.6 is 0 Å². The van der Waals surface area contributed by atoms with E-state index in [1.54, 1.807) is 18.2 Å². The molecule has 0 saturated heterocycles. The number of aromatic nitrogens is 2. The quantitative estimate of drug-likeness (QED) is 0.541. The van der Waals surface area contributed by atoms with E-state index in [9.17, 15) is 4.79 Å². The standard InChI is InChI=1S/C16H11N3O2/c1-11-5-7-12(8-6-11)15-18-19-16(21-15)13-3-2-4-14(9-13)17-10-20/h2-9H,1H3. The summed E-state index contributed by atoms with van der Waals surface area (Å²) in [6, 6.07) is 14.8. The molecule has 0 aliphatic heterocycles. The summed E-state index contributed by atoms with van der Waals surface area (Å²) >= 11 is 0. The third-order valence-electron chi connectivity index (χ3n) is 2.99. The van der Waals surface area contributed by atoms with E-state index >= 15 is 0 Å². The number of carbonyl (C=O) groups excluding carboxylic acids is 1. The minimum absolute atomic E-state index is 0.383. The highest BCUT2D eigenvalue weighted by Crippen LogP contribution is 2.26. The van der Waals surface area contributed by atoms with Crippen molar-refractivity contribution >= 4 is 11.8 Å². The average molecular weight is 277 g/mol. The van der Waals surface area contributed by atoms with Crippen LogP contribution in [0.25, 0.3) is 22.9 Å². The van der Waals surface area contributed by atoms with Crippen molar-refractivity contribution in [2.24, 2.45) is 4.99 Å². The highest BCUT2D eigenvalue weighted by Gasteiger charge is 2.10. The van der Waals surface area contributed by atoms with Crippen molar-refractivity contribution in [3.63, 3.8) is 0 Å². The lowest BCUT2D eigenvalue weighted by Gasteiger charge is -1.97. The van der Waals surface area contributed by atoms with Gasteiger partial charge in [-0.3, -0.25) is 0 Å². The van der Waals surface area contributed by atoms with Gasteiger partial charge in [0.05, 0.1) is 5.69 Å². The van der Waals surface area contributed by atoms with Gasteiger partial charge in [-0.05, 0) is 37.3 Å². The van der Waals surface area contributed by atoms with Crippen LogP contribution in [0.15, 0.2) is 57.9 Å². The molecule has 0 bridgehead atoms. The highest BCUT2D eigenvalue weighted by molar-refractivity contribution is 5.63. The van der Waals surface area contributed by atoms with Gasteiger partial charge in [-0.2, -0.15) is 4.99 Å². The van der Waals surface area contributed by atoms with Crippen LogP contribution in [0, 0.1) is 6.92 Å². The maximum Gasteiger partial charge on any atom is 0.248 e. The first kappa shape index (κ1) is 13.0. The van der Waals surface area contributed by atoms with Crippen LogP contribution in [0.1, 0.15) is 5.56 Å². The fourth-order valence-corrected chi connectivity index (χ4v) is 1.91. The Kier molecular flexibility index (Phi) is 3.41. The second-order valence-corrected chi connectivity index (χ2v) is 4.53. The van der Waals surface area contributed by atoms with Gasteiger partial charge in [0.15, 0.2) is 0 Å². The van der Waals surface area contributed by atoms with E-state index in [1.165, 1.54) is 6.08 Å². The second-order valence-electron chi connectivity index (χ2n) is 4.53. The minimum atomic E-state index is 0.383. The summed E-state index contributed by atoms with van der Waals surface area (Å²) in [7, 11) is 0. The number of nitrogens with zero attached hydrogens (tertiary/aromatic N) is 3. The Bertz CT molecular complexity index is 816. The molecule has 0 fully saturated rings. The lowest BCUT2D eigenvalue weighted by Crippen LogP contribution is -1.78. The Balaban J connectivity index is 1.96. The summed E-state index contributed by atoms with van der Waals surface area (Å²) in [6.07, 6.45) is 1.51. The normalized spacial score (nSPS) is 10.1. The van der Waals surface area contributed by atoms with Crippen LogP contribution in [0.2, 0.25) is 0 Å². The molecule has 0 atom stereocenters. The van der Waals surface area contributed by atoms with Gasteiger partial charge in [-0.15, -0.1) is 10.2 Å². The van der Waals surface area contributed by atoms with Crippen molar-refractivity contribution in [2.45, 2.75) is 6.92 Å².